The molecule has 5 heteroatoms. The van der Waals surface area contributed by atoms with E-state index in [4.69, 9.17) is 0 Å². The van der Waals surface area contributed by atoms with Gasteiger partial charge in [-0.05, 0) is 47.9 Å². The molecule has 2 aromatic rings. The van der Waals surface area contributed by atoms with Crippen LogP contribution in [0, 0.1) is 0 Å². The number of fused-ring (bicyclic) bond motifs is 1. The van der Waals surface area contributed by atoms with Gasteiger partial charge in [-0.2, -0.15) is 0 Å². The molecule has 0 fully saturated rings. The first-order chi connectivity index (χ1) is 10.6. The first-order valence-electron chi connectivity index (χ1n) is 7.43. The minimum absolute atomic E-state index is 0.145. The fourth-order valence-electron chi connectivity index (χ4n) is 2.62. The summed E-state index contributed by atoms with van der Waals surface area (Å²) in [6.45, 7) is 2.05. The van der Waals surface area contributed by atoms with Crippen LogP contribution in [0.3, 0.4) is 0 Å². The van der Waals surface area contributed by atoms with E-state index in [0.717, 1.165) is 29.7 Å². The van der Waals surface area contributed by atoms with Gasteiger partial charge < -0.3 is 0 Å². The maximum absolute atomic E-state index is 12.6. The third-order valence-electron chi connectivity index (χ3n) is 3.90. The monoisotopic (exact) mass is 333 g/mol. The minimum Gasteiger partial charge on any atom is -0.207 e. The van der Waals surface area contributed by atoms with Gasteiger partial charge >= 0.3 is 0 Å². The normalized spacial score (nSPS) is 18.0. The molecule has 116 valence electrons. The van der Waals surface area contributed by atoms with Gasteiger partial charge in [0.15, 0.2) is 0 Å². The summed E-state index contributed by atoms with van der Waals surface area (Å²) in [5.74, 6) is 0.930. The Morgan fingerprint density at radius 2 is 1.86 bits per heavy atom. The molecule has 1 N–H and O–H groups in total. The van der Waals surface area contributed by atoms with Crippen molar-refractivity contribution in [2.45, 2.75) is 35.6 Å². The summed E-state index contributed by atoms with van der Waals surface area (Å²) < 4.78 is 28.0. The molecule has 1 unspecified atom stereocenters. The summed E-state index contributed by atoms with van der Waals surface area (Å²) in [4.78, 5) is 1.50. The van der Waals surface area contributed by atoms with E-state index in [-0.39, 0.29) is 6.04 Å². The highest BCUT2D eigenvalue weighted by Gasteiger charge is 2.25. The number of rotatable bonds is 4. The quantitative estimate of drug-likeness (QED) is 0.926. The summed E-state index contributed by atoms with van der Waals surface area (Å²) >= 11 is 1.78. The summed E-state index contributed by atoms with van der Waals surface area (Å²) in [6, 6.07) is 15.0. The van der Waals surface area contributed by atoms with Crippen molar-refractivity contribution >= 4 is 21.8 Å². The van der Waals surface area contributed by atoms with Gasteiger partial charge in [-0.25, -0.2) is 13.1 Å². The first-order valence-corrected chi connectivity index (χ1v) is 9.90. The molecule has 1 aliphatic heterocycles. The average molecular weight is 333 g/mol. The van der Waals surface area contributed by atoms with E-state index in [2.05, 4.69) is 17.7 Å². The SMILES string of the molecule is CCc1ccc(S(=O)(=O)NC2CCSc3ccccc32)cc1. The Labute approximate surface area is 136 Å². The van der Waals surface area contributed by atoms with Crippen molar-refractivity contribution in [2.24, 2.45) is 0 Å². The third-order valence-corrected chi connectivity index (χ3v) is 6.51. The molecule has 3 nitrogen and oxygen atoms in total. The minimum atomic E-state index is -3.49. The molecular formula is C17H19NO2S2. The van der Waals surface area contributed by atoms with E-state index >= 15 is 0 Å². The van der Waals surface area contributed by atoms with Gasteiger partial charge in [-0.1, -0.05) is 37.3 Å². The number of benzene rings is 2. The zero-order valence-electron chi connectivity index (χ0n) is 12.5. The van der Waals surface area contributed by atoms with Gasteiger partial charge in [0.1, 0.15) is 0 Å². The fraction of sp³-hybridized carbons (Fsp3) is 0.294. The highest BCUT2D eigenvalue weighted by Crippen LogP contribution is 2.36. The molecule has 3 rings (SSSR count). The van der Waals surface area contributed by atoms with Crippen LogP contribution in [0.25, 0.3) is 0 Å². The Kier molecular flexibility index (Phi) is 4.57. The van der Waals surface area contributed by atoms with E-state index in [9.17, 15) is 8.42 Å². The number of nitrogens with one attached hydrogen (secondary N) is 1. The second-order valence-corrected chi connectivity index (χ2v) is 8.20. The van der Waals surface area contributed by atoms with Crippen LogP contribution in [0.5, 0.6) is 0 Å². The Hall–Kier alpha value is -1.30. The third kappa shape index (κ3) is 3.21. The highest BCUT2D eigenvalue weighted by molar-refractivity contribution is 7.99. The topological polar surface area (TPSA) is 46.2 Å². The van der Waals surface area contributed by atoms with Crippen molar-refractivity contribution in [3.8, 4) is 0 Å². The molecule has 0 saturated carbocycles. The number of thioether (sulfide) groups is 1. The lowest BCUT2D eigenvalue weighted by Crippen LogP contribution is -2.30. The Balaban J connectivity index is 1.86. The van der Waals surface area contributed by atoms with Crippen LogP contribution in [0.2, 0.25) is 0 Å². The smallest absolute Gasteiger partial charge is 0.207 e. The van der Waals surface area contributed by atoms with Crippen molar-refractivity contribution in [2.75, 3.05) is 5.75 Å². The molecule has 0 aromatic heterocycles. The summed E-state index contributed by atoms with van der Waals surface area (Å²) in [7, 11) is -3.49. The lowest BCUT2D eigenvalue weighted by Gasteiger charge is -2.25. The van der Waals surface area contributed by atoms with Crippen molar-refractivity contribution in [1.29, 1.82) is 0 Å². The van der Waals surface area contributed by atoms with Crippen LogP contribution in [0.4, 0.5) is 0 Å². The molecule has 0 amide bonds. The Bertz CT molecular complexity index is 754. The van der Waals surface area contributed by atoms with Gasteiger partial charge in [0.25, 0.3) is 0 Å². The molecule has 2 aromatic carbocycles. The van der Waals surface area contributed by atoms with Crippen LogP contribution >= 0.6 is 11.8 Å². The van der Waals surface area contributed by atoms with E-state index in [1.54, 1.807) is 23.9 Å². The van der Waals surface area contributed by atoms with E-state index in [1.807, 2.05) is 30.3 Å². The largest absolute Gasteiger partial charge is 0.241 e. The van der Waals surface area contributed by atoms with Crippen LogP contribution in [0.1, 0.15) is 30.5 Å². The molecule has 1 heterocycles. The standard InChI is InChI=1S/C17H19NO2S2/c1-2-13-7-9-14(10-8-13)22(19,20)18-16-11-12-21-17-6-4-3-5-15(16)17/h3-10,16,18H,2,11-12H2,1H3. The van der Waals surface area contributed by atoms with Gasteiger partial charge in [0.2, 0.25) is 10.0 Å². The predicted octanol–water partition coefficient (Wildman–Crippen LogP) is 3.76. The molecule has 0 aliphatic carbocycles. The van der Waals surface area contributed by atoms with Crippen molar-refractivity contribution in [3.05, 3.63) is 59.7 Å². The predicted molar refractivity (Wildman–Crippen MR) is 90.7 cm³/mol. The number of hydrogen-bond acceptors (Lipinski definition) is 3. The number of aryl methyl sites for hydroxylation is 1. The van der Waals surface area contributed by atoms with E-state index in [0.29, 0.717) is 4.90 Å². The summed E-state index contributed by atoms with van der Waals surface area (Å²) in [5, 5.41) is 0. The van der Waals surface area contributed by atoms with Crippen molar-refractivity contribution in [1.82, 2.24) is 4.72 Å². The van der Waals surface area contributed by atoms with Gasteiger partial charge in [-0.3, -0.25) is 0 Å². The van der Waals surface area contributed by atoms with Gasteiger partial charge in [-0.15, -0.1) is 11.8 Å². The van der Waals surface area contributed by atoms with Gasteiger partial charge in [0.05, 0.1) is 4.90 Å². The summed E-state index contributed by atoms with van der Waals surface area (Å²) in [5.41, 5.74) is 2.21. The summed E-state index contributed by atoms with van der Waals surface area (Å²) in [6.07, 6.45) is 1.72. The maximum Gasteiger partial charge on any atom is 0.241 e. The van der Waals surface area contributed by atoms with Gasteiger partial charge in [0, 0.05) is 10.9 Å². The number of sulfonamides is 1. The first kappa shape index (κ1) is 15.6. The lowest BCUT2D eigenvalue weighted by molar-refractivity contribution is 0.546. The molecule has 0 radical (unpaired) electrons. The van der Waals surface area contributed by atoms with Crippen molar-refractivity contribution < 1.29 is 8.42 Å². The maximum atomic E-state index is 12.6. The second kappa shape index (κ2) is 6.44. The van der Waals surface area contributed by atoms with Crippen LogP contribution in [-0.4, -0.2) is 14.2 Å². The Morgan fingerprint density at radius 3 is 2.59 bits per heavy atom. The molecule has 0 bridgehead atoms. The van der Waals surface area contributed by atoms with Crippen LogP contribution < -0.4 is 4.72 Å². The zero-order chi connectivity index (χ0) is 15.6. The molecule has 22 heavy (non-hydrogen) atoms. The zero-order valence-corrected chi connectivity index (χ0v) is 14.1. The number of hydrogen-bond donors (Lipinski definition) is 1. The van der Waals surface area contributed by atoms with Crippen LogP contribution in [0.15, 0.2) is 58.3 Å². The fourth-order valence-corrected chi connectivity index (χ4v) is 5.00. The lowest BCUT2D eigenvalue weighted by atomic mass is 10.1. The molecule has 1 atom stereocenters. The second-order valence-electron chi connectivity index (χ2n) is 5.35. The average Bonchev–Trinajstić information content (AvgIpc) is 2.55. The molecule has 1 aliphatic rings. The molecule has 0 saturated heterocycles. The molecule has 0 spiro atoms. The Morgan fingerprint density at radius 1 is 1.14 bits per heavy atom. The highest BCUT2D eigenvalue weighted by atomic mass is 32.2. The van der Waals surface area contributed by atoms with Crippen LogP contribution in [-0.2, 0) is 16.4 Å². The molecular weight excluding hydrogens is 314 g/mol. The van der Waals surface area contributed by atoms with Crippen molar-refractivity contribution in [3.63, 3.8) is 0 Å². The van der Waals surface area contributed by atoms with E-state index < -0.39 is 10.0 Å². The van der Waals surface area contributed by atoms with E-state index in [1.165, 1.54) is 4.90 Å².